The van der Waals surface area contributed by atoms with Gasteiger partial charge >= 0.3 is 11.9 Å². The minimum atomic E-state index is -1.23. The van der Waals surface area contributed by atoms with Crippen molar-refractivity contribution in [3.05, 3.63) is 64.0 Å². The molecule has 242 valence electrons. The zero-order valence-corrected chi connectivity index (χ0v) is 27.9. The molecule has 4 N–H and O–H groups in total. The summed E-state index contributed by atoms with van der Waals surface area (Å²) in [6.45, 7) is 5.41. The van der Waals surface area contributed by atoms with Crippen LogP contribution in [0.25, 0.3) is 10.4 Å². The molecule has 1 aliphatic rings. The molecule has 45 heavy (non-hydrogen) atoms. The highest BCUT2D eigenvalue weighted by Crippen LogP contribution is 2.46. The molecule has 0 saturated carbocycles. The summed E-state index contributed by atoms with van der Waals surface area (Å²) in [5.74, 6) is -1.57. The molecule has 1 amide bonds. The first-order valence-corrected chi connectivity index (χ1v) is 17.4. The largest absolute Gasteiger partial charge is 0.479 e. The van der Waals surface area contributed by atoms with Crippen LogP contribution in [-0.2, 0) is 15.3 Å². The first-order chi connectivity index (χ1) is 21.7. The van der Waals surface area contributed by atoms with Crippen molar-refractivity contribution in [1.82, 2.24) is 4.31 Å². The summed E-state index contributed by atoms with van der Waals surface area (Å²) in [4.78, 5) is 35.9. The van der Waals surface area contributed by atoms with Crippen molar-refractivity contribution < 1.29 is 29.3 Å². The fraction of sp³-hybridized carbons (Fsp3) is 0.424. The number of carbonyl (C=O) groups is 3. The predicted octanol–water partition coefficient (Wildman–Crippen LogP) is 8.11. The molecule has 2 heterocycles. The van der Waals surface area contributed by atoms with E-state index >= 15 is 0 Å². The Morgan fingerprint density at radius 2 is 1.73 bits per heavy atom. The number of hydrogen-bond donors (Lipinski definition) is 4. The molecule has 1 aromatic heterocycles. The van der Waals surface area contributed by atoms with Gasteiger partial charge in [-0.3, -0.25) is 9.10 Å². The van der Waals surface area contributed by atoms with Crippen molar-refractivity contribution in [2.75, 3.05) is 30.3 Å². The summed E-state index contributed by atoms with van der Waals surface area (Å²) in [6.07, 6.45) is 5.74. The molecule has 1 fully saturated rings. The molecule has 1 aliphatic heterocycles. The molecule has 3 aromatic rings. The number of halogens is 1. The topological polar surface area (TPSA) is 128 Å². The van der Waals surface area contributed by atoms with E-state index in [-0.39, 0.29) is 33.5 Å². The number of carbonyl (C=O) groups excluding carboxylic acids is 1. The molecule has 0 atom stereocenters. The SMILES string of the molecule is CCCC(CCC)C(=O)Nc1cccc(CSN2CCC(Nc3cccc(-c4sc(C(=O)O)c(OCC(=O)O)c4Cl)c3)CC2)c1. The first kappa shape index (κ1) is 34.6. The maximum atomic E-state index is 12.8. The van der Waals surface area contributed by atoms with E-state index in [2.05, 4.69) is 40.9 Å². The Hall–Kier alpha value is -3.25. The van der Waals surface area contributed by atoms with E-state index in [0.717, 1.165) is 85.6 Å². The number of carboxylic acid groups (broad SMARTS) is 2. The number of nitrogens with zero attached hydrogens (tertiary/aromatic N) is 1. The highest BCUT2D eigenvalue weighted by atomic mass is 35.5. The summed E-state index contributed by atoms with van der Waals surface area (Å²) in [7, 11) is 0. The van der Waals surface area contributed by atoms with E-state index in [9.17, 15) is 19.5 Å². The molecule has 0 radical (unpaired) electrons. The number of aromatic carboxylic acids is 1. The molecule has 4 rings (SSSR count). The van der Waals surface area contributed by atoms with E-state index < -0.39 is 18.5 Å². The Labute approximate surface area is 277 Å². The van der Waals surface area contributed by atoms with Crippen LogP contribution >= 0.6 is 34.9 Å². The maximum Gasteiger partial charge on any atom is 0.349 e. The van der Waals surface area contributed by atoms with Gasteiger partial charge in [0.15, 0.2) is 17.2 Å². The maximum absolute atomic E-state index is 12.8. The van der Waals surface area contributed by atoms with Crippen molar-refractivity contribution in [3.8, 4) is 16.2 Å². The second-order valence-corrected chi connectivity index (χ2v) is 13.5. The second kappa shape index (κ2) is 16.9. The van der Waals surface area contributed by atoms with E-state index in [1.165, 1.54) is 5.56 Å². The monoisotopic (exact) mass is 673 g/mol. The Morgan fingerprint density at radius 3 is 2.40 bits per heavy atom. The number of amides is 1. The van der Waals surface area contributed by atoms with Crippen LogP contribution in [0, 0.1) is 5.92 Å². The van der Waals surface area contributed by atoms with Gasteiger partial charge in [-0.25, -0.2) is 9.59 Å². The van der Waals surface area contributed by atoms with E-state index in [1.807, 2.05) is 36.4 Å². The molecule has 12 heteroatoms. The zero-order valence-electron chi connectivity index (χ0n) is 25.5. The fourth-order valence-electron chi connectivity index (χ4n) is 5.35. The summed E-state index contributed by atoms with van der Waals surface area (Å²) < 4.78 is 7.59. The summed E-state index contributed by atoms with van der Waals surface area (Å²) in [6, 6.07) is 16.0. The molecular weight excluding hydrogens is 634 g/mol. The van der Waals surface area contributed by atoms with E-state index in [4.69, 9.17) is 21.4 Å². The Morgan fingerprint density at radius 1 is 1.04 bits per heavy atom. The Balaban J connectivity index is 1.30. The van der Waals surface area contributed by atoms with Gasteiger partial charge in [0, 0.05) is 42.2 Å². The third-order valence-electron chi connectivity index (χ3n) is 7.55. The zero-order chi connectivity index (χ0) is 32.3. The number of piperidine rings is 1. The quantitative estimate of drug-likeness (QED) is 0.111. The van der Waals surface area contributed by atoms with Crippen LogP contribution in [0.3, 0.4) is 0 Å². The van der Waals surface area contributed by atoms with E-state index in [0.29, 0.717) is 4.88 Å². The van der Waals surface area contributed by atoms with Gasteiger partial charge < -0.3 is 25.6 Å². The number of thiophene rings is 1. The first-order valence-electron chi connectivity index (χ1n) is 15.2. The summed E-state index contributed by atoms with van der Waals surface area (Å²) in [5.41, 5.74) is 3.65. The smallest absolute Gasteiger partial charge is 0.349 e. The van der Waals surface area contributed by atoms with Gasteiger partial charge in [0.2, 0.25) is 5.91 Å². The van der Waals surface area contributed by atoms with Gasteiger partial charge in [-0.15, -0.1) is 11.3 Å². The molecule has 0 aliphatic carbocycles. The highest BCUT2D eigenvalue weighted by Gasteiger charge is 2.25. The average molecular weight is 674 g/mol. The number of aliphatic carboxylic acids is 1. The number of ether oxygens (including phenoxy) is 1. The molecular formula is C33H40ClN3O6S2. The van der Waals surface area contributed by atoms with Crippen LogP contribution in [0.1, 0.15) is 67.6 Å². The van der Waals surface area contributed by atoms with Crippen molar-refractivity contribution >= 4 is 64.1 Å². The predicted molar refractivity (Wildman–Crippen MR) is 183 cm³/mol. The molecule has 9 nitrogen and oxygen atoms in total. The molecule has 0 bridgehead atoms. The second-order valence-electron chi connectivity index (χ2n) is 11.1. The van der Waals surface area contributed by atoms with Crippen molar-refractivity contribution in [2.24, 2.45) is 5.92 Å². The summed E-state index contributed by atoms with van der Waals surface area (Å²) >= 11 is 9.24. The third kappa shape index (κ3) is 9.87. The number of hydrogen-bond acceptors (Lipinski definition) is 8. The lowest BCUT2D eigenvalue weighted by molar-refractivity contribution is -0.139. The number of anilines is 2. The van der Waals surface area contributed by atoms with Crippen LogP contribution in [0.15, 0.2) is 48.5 Å². The lowest BCUT2D eigenvalue weighted by Gasteiger charge is -2.32. The molecule has 0 spiro atoms. The molecule has 0 unspecified atom stereocenters. The van der Waals surface area contributed by atoms with Crippen LogP contribution in [0.4, 0.5) is 11.4 Å². The van der Waals surface area contributed by atoms with Crippen molar-refractivity contribution in [3.63, 3.8) is 0 Å². The van der Waals surface area contributed by atoms with Crippen LogP contribution in [0.5, 0.6) is 5.75 Å². The number of carboxylic acids is 2. The van der Waals surface area contributed by atoms with Gasteiger partial charge in [0.1, 0.15) is 5.02 Å². The normalized spacial score (nSPS) is 14.0. The van der Waals surface area contributed by atoms with E-state index in [1.54, 1.807) is 11.9 Å². The molecule has 1 saturated heterocycles. The summed E-state index contributed by atoms with van der Waals surface area (Å²) in [5, 5.41) is 25.4. The van der Waals surface area contributed by atoms with Crippen LogP contribution < -0.4 is 15.4 Å². The number of nitrogens with one attached hydrogen (secondary N) is 2. The average Bonchev–Trinajstić information content (AvgIpc) is 3.36. The van der Waals surface area contributed by atoms with Gasteiger partial charge in [0.25, 0.3) is 0 Å². The third-order valence-corrected chi connectivity index (χ3v) is 10.4. The fourth-order valence-corrected chi connectivity index (χ4v) is 7.74. The lowest BCUT2D eigenvalue weighted by atomic mass is 9.97. The minimum absolute atomic E-state index is 0.0617. The Bertz CT molecular complexity index is 1470. The van der Waals surface area contributed by atoms with Gasteiger partial charge in [-0.2, -0.15) is 0 Å². The number of rotatable bonds is 16. The van der Waals surface area contributed by atoms with Gasteiger partial charge in [-0.05, 0) is 61.1 Å². The van der Waals surface area contributed by atoms with Crippen LogP contribution in [0.2, 0.25) is 5.02 Å². The van der Waals surface area contributed by atoms with Crippen molar-refractivity contribution in [1.29, 1.82) is 0 Å². The van der Waals surface area contributed by atoms with Gasteiger partial charge in [-0.1, -0.05) is 74.5 Å². The number of benzene rings is 2. The Kier molecular flexibility index (Phi) is 13.0. The van der Waals surface area contributed by atoms with Crippen molar-refractivity contribution in [2.45, 2.75) is 64.2 Å². The standard InChI is InChI=1S/C33H40ClN3O6S2/c1-3-7-22(8-4-2)32(40)36-25-11-5-9-21(17-25)20-44-37-15-13-24(14-16-37)35-26-12-6-10-23(18-26)30-28(34)29(43-19-27(38)39)31(45-30)33(41)42/h5-6,9-12,17-18,22,24,35H,3-4,7-8,13-16,19-20H2,1-2H3,(H,36,40)(H,38,39)(H,41,42). The lowest BCUT2D eigenvalue weighted by Crippen LogP contribution is -2.35. The van der Waals surface area contributed by atoms with Gasteiger partial charge in [0.05, 0.1) is 4.88 Å². The molecule has 2 aromatic carbocycles. The van der Waals surface area contributed by atoms with Crippen LogP contribution in [-0.4, -0.2) is 58.1 Å². The minimum Gasteiger partial charge on any atom is -0.479 e. The highest BCUT2D eigenvalue weighted by molar-refractivity contribution is 7.96.